The molecule has 0 bridgehead atoms. The van der Waals surface area contributed by atoms with Gasteiger partial charge in [-0.2, -0.15) is 5.10 Å². The van der Waals surface area contributed by atoms with Crippen LogP contribution in [0.4, 0.5) is 10.1 Å². The summed E-state index contributed by atoms with van der Waals surface area (Å²) >= 11 is 6.01. The second-order valence-corrected chi connectivity index (χ2v) is 9.31. The standard InChI is InChI=1S/C24H25ClFN5O2/c1-13-17-3-2-4-21(17)31-22(28-13)18(12-27-31)24(33)29-16-8-5-14(6-9-16)23(32)30-20-10-7-15(26)11-19(20)25/h7,10-12,14,16H,2-6,8-9H2,1H3,(H,29,33)(H,30,32). The Morgan fingerprint density at radius 1 is 1.18 bits per heavy atom. The van der Waals surface area contributed by atoms with Gasteiger partial charge in [-0.15, -0.1) is 0 Å². The number of fused-ring (bicyclic) bond motifs is 3. The van der Waals surface area contributed by atoms with Gasteiger partial charge in [-0.05, 0) is 75.6 Å². The van der Waals surface area contributed by atoms with Crippen LogP contribution >= 0.6 is 11.6 Å². The molecule has 1 aromatic carbocycles. The summed E-state index contributed by atoms with van der Waals surface area (Å²) in [6.07, 6.45) is 7.33. The Morgan fingerprint density at radius 3 is 2.73 bits per heavy atom. The van der Waals surface area contributed by atoms with Crippen molar-refractivity contribution in [3.05, 3.63) is 57.8 Å². The van der Waals surface area contributed by atoms with Crippen LogP contribution in [0.3, 0.4) is 0 Å². The van der Waals surface area contributed by atoms with Gasteiger partial charge in [0.25, 0.3) is 5.91 Å². The summed E-state index contributed by atoms with van der Waals surface area (Å²) < 4.78 is 15.0. The molecule has 0 radical (unpaired) electrons. The molecule has 2 aliphatic carbocycles. The molecule has 1 fully saturated rings. The summed E-state index contributed by atoms with van der Waals surface area (Å²) in [5, 5.41) is 10.5. The number of carbonyl (C=O) groups excluding carboxylic acids is 2. The highest BCUT2D eigenvalue weighted by molar-refractivity contribution is 6.33. The van der Waals surface area contributed by atoms with Gasteiger partial charge in [-0.25, -0.2) is 13.9 Å². The van der Waals surface area contributed by atoms with E-state index in [4.69, 9.17) is 11.6 Å². The van der Waals surface area contributed by atoms with Gasteiger partial charge >= 0.3 is 0 Å². The number of halogens is 2. The number of carbonyl (C=O) groups is 2. The number of nitrogens with zero attached hydrogens (tertiary/aromatic N) is 3. The van der Waals surface area contributed by atoms with E-state index >= 15 is 0 Å². The van der Waals surface area contributed by atoms with Crippen molar-refractivity contribution < 1.29 is 14.0 Å². The van der Waals surface area contributed by atoms with E-state index in [1.165, 1.54) is 23.8 Å². The molecule has 2 N–H and O–H groups in total. The normalized spacial score (nSPS) is 20.0. The summed E-state index contributed by atoms with van der Waals surface area (Å²) in [4.78, 5) is 30.3. The number of nitrogens with one attached hydrogen (secondary N) is 2. The Morgan fingerprint density at radius 2 is 1.97 bits per heavy atom. The van der Waals surface area contributed by atoms with Gasteiger partial charge in [-0.1, -0.05) is 11.6 Å². The molecule has 3 aromatic rings. The maximum Gasteiger partial charge on any atom is 0.256 e. The van der Waals surface area contributed by atoms with Crippen molar-refractivity contribution in [2.75, 3.05) is 5.32 Å². The topological polar surface area (TPSA) is 88.4 Å². The highest BCUT2D eigenvalue weighted by atomic mass is 35.5. The van der Waals surface area contributed by atoms with Crippen LogP contribution in [0.2, 0.25) is 5.02 Å². The van der Waals surface area contributed by atoms with E-state index in [2.05, 4.69) is 20.7 Å². The third-order valence-corrected chi connectivity index (χ3v) is 7.08. The van der Waals surface area contributed by atoms with Crippen LogP contribution in [0.5, 0.6) is 0 Å². The molecule has 2 amide bonds. The second-order valence-electron chi connectivity index (χ2n) is 8.91. The zero-order valence-corrected chi connectivity index (χ0v) is 19.1. The van der Waals surface area contributed by atoms with Gasteiger partial charge in [0.2, 0.25) is 5.91 Å². The summed E-state index contributed by atoms with van der Waals surface area (Å²) in [5.74, 6) is -0.941. The van der Waals surface area contributed by atoms with Gasteiger partial charge in [0, 0.05) is 23.3 Å². The molecule has 2 aromatic heterocycles. The monoisotopic (exact) mass is 469 g/mol. The molecule has 5 rings (SSSR count). The van der Waals surface area contributed by atoms with Crippen molar-refractivity contribution in [2.45, 2.75) is 57.9 Å². The number of rotatable bonds is 4. The minimum atomic E-state index is -0.449. The Kier molecular flexibility index (Phi) is 5.78. The van der Waals surface area contributed by atoms with E-state index in [-0.39, 0.29) is 28.8 Å². The number of aromatic nitrogens is 3. The van der Waals surface area contributed by atoms with Crippen LogP contribution in [-0.4, -0.2) is 32.5 Å². The van der Waals surface area contributed by atoms with Gasteiger partial charge in [0.05, 0.1) is 16.9 Å². The van der Waals surface area contributed by atoms with Crippen LogP contribution in [0.25, 0.3) is 5.65 Å². The molecule has 172 valence electrons. The molecular formula is C24H25ClFN5O2. The average molecular weight is 470 g/mol. The third-order valence-electron chi connectivity index (χ3n) is 6.77. The third kappa shape index (κ3) is 4.19. The first-order valence-corrected chi connectivity index (χ1v) is 11.7. The second kappa shape index (κ2) is 8.74. The van der Waals surface area contributed by atoms with Crippen molar-refractivity contribution in [2.24, 2.45) is 5.92 Å². The average Bonchev–Trinajstić information content (AvgIpc) is 3.43. The van der Waals surface area contributed by atoms with Crippen LogP contribution in [0, 0.1) is 18.7 Å². The number of amides is 2. The first-order valence-electron chi connectivity index (χ1n) is 11.3. The molecule has 0 atom stereocenters. The van der Waals surface area contributed by atoms with E-state index in [9.17, 15) is 14.0 Å². The minimum absolute atomic E-state index is 0.0126. The van der Waals surface area contributed by atoms with Crippen molar-refractivity contribution in [3.63, 3.8) is 0 Å². The Balaban J connectivity index is 1.20. The lowest BCUT2D eigenvalue weighted by atomic mass is 9.85. The number of aryl methyl sites for hydroxylation is 2. The molecule has 0 spiro atoms. The SMILES string of the molecule is Cc1nc2c(C(=O)NC3CCC(C(=O)Nc4ccc(F)cc4Cl)CC3)cnn2c2c1CCC2. The van der Waals surface area contributed by atoms with Gasteiger partial charge in [0.1, 0.15) is 11.4 Å². The number of hydrogen-bond donors (Lipinski definition) is 2. The van der Waals surface area contributed by atoms with Gasteiger partial charge in [-0.3, -0.25) is 9.59 Å². The summed E-state index contributed by atoms with van der Waals surface area (Å²) in [7, 11) is 0. The molecule has 7 nitrogen and oxygen atoms in total. The first kappa shape index (κ1) is 21.8. The maximum absolute atomic E-state index is 13.2. The van der Waals surface area contributed by atoms with Gasteiger partial charge in [0.15, 0.2) is 5.65 Å². The maximum atomic E-state index is 13.2. The predicted octanol–water partition coefficient (Wildman–Crippen LogP) is 4.25. The molecule has 2 heterocycles. The van der Waals surface area contributed by atoms with Crippen LogP contribution in [-0.2, 0) is 17.6 Å². The summed E-state index contributed by atoms with van der Waals surface area (Å²) in [5.41, 5.74) is 4.87. The molecule has 0 aliphatic heterocycles. The Bertz CT molecular complexity index is 1250. The Hall–Kier alpha value is -3.00. The van der Waals surface area contributed by atoms with E-state index in [1.54, 1.807) is 6.20 Å². The highest BCUT2D eigenvalue weighted by Gasteiger charge is 2.29. The van der Waals surface area contributed by atoms with Gasteiger partial charge < -0.3 is 10.6 Å². The summed E-state index contributed by atoms with van der Waals surface area (Å²) in [6, 6.07) is 3.89. The minimum Gasteiger partial charge on any atom is -0.349 e. The molecule has 0 unspecified atom stereocenters. The fourth-order valence-corrected chi connectivity index (χ4v) is 5.19. The highest BCUT2D eigenvalue weighted by Crippen LogP contribution is 2.29. The molecule has 33 heavy (non-hydrogen) atoms. The van der Waals surface area contributed by atoms with Crippen molar-refractivity contribution in [1.82, 2.24) is 19.9 Å². The first-order chi connectivity index (χ1) is 15.9. The van der Waals surface area contributed by atoms with Crippen molar-refractivity contribution >= 4 is 34.7 Å². The van der Waals surface area contributed by atoms with E-state index in [0.717, 1.165) is 30.7 Å². The van der Waals surface area contributed by atoms with Crippen LogP contribution < -0.4 is 10.6 Å². The van der Waals surface area contributed by atoms with Crippen molar-refractivity contribution in [3.8, 4) is 0 Å². The number of hydrogen-bond acceptors (Lipinski definition) is 4. The molecule has 2 aliphatic rings. The summed E-state index contributed by atoms with van der Waals surface area (Å²) in [6.45, 7) is 1.99. The van der Waals surface area contributed by atoms with Crippen LogP contribution in [0.15, 0.2) is 24.4 Å². The Labute approximate surface area is 195 Å². The van der Waals surface area contributed by atoms with Crippen LogP contribution in [0.1, 0.15) is 59.4 Å². The smallest absolute Gasteiger partial charge is 0.256 e. The number of anilines is 1. The molecule has 0 saturated heterocycles. The molecule has 9 heteroatoms. The predicted molar refractivity (Wildman–Crippen MR) is 123 cm³/mol. The van der Waals surface area contributed by atoms with E-state index in [0.29, 0.717) is 42.6 Å². The lowest BCUT2D eigenvalue weighted by Crippen LogP contribution is -2.39. The quantitative estimate of drug-likeness (QED) is 0.598. The fraction of sp³-hybridized carbons (Fsp3) is 0.417. The lowest BCUT2D eigenvalue weighted by Gasteiger charge is -2.28. The zero-order chi connectivity index (χ0) is 23.1. The van der Waals surface area contributed by atoms with E-state index < -0.39 is 5.82 Å². The molecular weight excluding hydrogens is 445 g/mol. The lowest BCUT2D eigenvalue weighted by molar-refractivity contribution is -0.120. The fourth-order valence-electron chi connectivity index (χ4n) is 4.97. The largest absolute Gasteiger partial charge is 0.349 e. The van der Waals surface area contributed by atoms with Crippen molar-refractivity contribution in [1.29, 1.82) is 0 Å². The zero-order valence-electron chi connectivity index (χ0n) is 18.3. The number of benzene rings is 1. The van der Waals surface area contributed by atoms with E-state index in [1.807, 2.05) is 11.4 Å². The molecule has 1 saturated carbocycles.